The molecule has 1 nitrogen and oxygen atoms in total. The van der Waals surface area contributed by atoms with E-state index in [9.17, 15) is 0 Å². The fraction of sp³-hybridized carbons (Fsp3) is 0.684. The molecule has 112 valence electrons. The third-order valence-electron chi connectivity index (χ3n) is 5.49. The Morgan fingerprint density at radius 2 is 2.15 bits per heavy atom. The molecule has 1 aromatic rings. The molecule has 1 N–H and O–H groups in total. The van der Waals surface area contributed by atoms with E-state index in [0.717, 1.165) is 12.5 Å². The van der Waals surface area contributed by atoms with Gasteiger partial charge in [-0.2, -0.15) is 0 Å². The number of aryl methyl sites for hydroxylation is 1. The number of benzene rings is 1. The Kier molecular flexibility index (Phi) is 5.26. The van der Waals surface area contributed by atoms with Crippen LogP contribution in [-0.4, -0.2) is 13.1 Å². The molecule has 2 rings (SSSR count). The first-order valence-corrected chi connectivity index (χ1v) is 8.38. The van der Waals surface area contributed by atoms with Gasteiger partial charge in [-0.25, -0.2) is 0 Å². The van der Waals surface area contributed by atoms with E-state index < -0.39 is 0 Å². The van der Waals surface area contributed by atoms with Crippen LogP contribution in [0.2, 0.25) is 0 Å². The quantitative estimate of drug-likeness (QED) is 0.804. The maximum atomic E-state index is 3.63. The van der Waals surface area contributed by atoms with E-state index in [0.29, 0.717) is 11.3 Å². The van der Waals surface area contributed by atoms with Crippen LogP contribution in [0, 0.1) is 18.3 Å². The summed E-state index contributed by atoms with van der Waals surface area (Å²) in [6.45, 7) is 11.7. The van der Waals surface area contributed by atoms with Crippen LogP contribution in [0.1, 0.15) is 63.5 Å². The predicted octanol–water partition coefficient (Wildman–Crippen LogP) is 4.90. The lowest BCUT2D eigenvalue weighted by Crippen LogP contribution is -2.44. The van der Waals surface area contributed by atoms with Crippen LogP contribution in [0.3, 0.4) is 0 Å². The molecule has 1 heterocycles. The van der Waals surface area contributed by atoms with Gasteiger partial charge in [-0.15, -0.1) is 0 Å². The first-order valence-electron chi connectivity index (χ1n) is 8.38. The molecular formula is C19H31N. The van der Waals surface area contributed by atoms with Crippen molar-refractivity contribution >= 4 is 0 Å². The van der Waals surface area contributed by atoms with Gasteiger partial charge in [0.15, 0.2) is 0 Å². The maximum absolute atomic E-state index is 3.63. The summed E-state index contributed by atoms with van der Waals surface area (Å²) in [5.41, 5.74) is 3.43. The molecule has 0 amide bonds. The summed E-state index contributed by atoms with van der Waals surface area (Å²) in [5.74, 6) is 1.51. The van der Waals surface area contributed by atoms with Crippen LogP contribution in [-0.2, 0) is 0 Å². The van der Waals surface area contributed by atoms with Crippen LogP contribution in [0.5, 0.6) is 0 Å². The predicted molar refractivity (Wildman–Crippen MR) is 88.2 cm³/mol. The average Bonchev–Trinajstić information content (AvgIpc) is 2.47. The minimum atomic E-state index is 0.495. The number of piperidine rings is 1. The minimum Gasteiger partial charge on any atom is -0.316 e. The number of rotatable bonds is 5. The zero-order valence-corrected chi connectivity index (χ0v) is 13.7. The highest BCUT2D eigenvalue weighted by Gasteiger charge is 2.40. The number of hydrogen-bond acceptors (Lipinski definition) is 1. The van der Waals surface area contributed by atoms with Crippen LogP contribution in [0.25, 0.3) is 0 Å². The molecule has 1 saturated heterocycles. The number of nitrogens with one attached hydrogen (secondary N) is 1. The third-order valence-corrected chi connectivity index (χ3v) is 5.49. The van der Waals surface area contributed by atoms with Gasteiger partial charge < -0.3 is 5.32 Å². The monoisotopic (exact) mass is 273 g/mol. The molecule has 0 aliphatic carbocycles. The van der Waals surface area contributed by atoms with Gasteiger partial charge in [0.2, 0.25) is 0 Å². The lowest BCUT2D eigenvalue weighted by atomic mass is 9.62. The van der Waals surface area contributed by atoms with Gasteiger partial charge in [-0.1, -0.05) is 57.0 Å². The largest absolute Gasteiger partial charge is 0.316 e. The molecule has 0 saturated carbocycles. The molecule has 0 radical (unpaired) electrons. The summed E-state index contributed by atoms with van der Waals surface area (Å²) in [6.07, 6.45) is 5.31. The van der Waals surface area contributed by atoms with Gasteiger partial charge in [-0.3, -0.25) is 0 Å². The Bertz CT molecular complexity index is 426. The lowest BCUT2D eigenvalue weighted by Gasteiger charge is -2.46. The molecule has 0 aromatic heterocycles. The van der Waals surface area contributed by atoms with Crippen molar-refractivity contribution in [1.29, 1.82) is 0 Å². The molecule has 0 bridgehead atoms. The molecule has 1 heteroatoms. The van der Waals surface area contributed by atoms with E-state index in [2.05, 4.69) is 57.3 Å². The molecule has 3 atom stereocenters. The fourth-order valence-electron chi connectivity index (χ4n) is 3.98. The Hall–Kier alpha value is -0.820. The van der Waals surface area contributed by atoms with Gasteiger partial charge >= 0.3 is 0 Å². The fourth-order valence-corrected chi connectivity index (χ4v) is 3.98. The Labute approximate surface area is 125 Å². The second kappa shape index (κ2) is 6.76. The zero-order valence-electron chi connectivity index (χ0n) is 13.7. The van der Waals surface area contributed by atoms with E-state index in [-0.39, 0.29) is 0 Å². The van der Waals surface area contributed by atoms with Crippen LogP contribution >= 0.6 is 0 Å². The van der Waals surface area contributed by atoms with Crippen molar-refractivity contribution < 1.29 is 0 Å². The first-order chi connectivity index (χ1) is 9.61. The second-order valence-electron chi connectivity index (χ2n) is 6.85. The molecule has 20 heavy (non-hydrogen) atoms. The summed E-state index contributed by atoms with van der Waals surface area (Å²) in [5, 5.41) is 3.63. The van der Waals surface area contributed by atoms with Crippen LogP contribution in [0.4, 0.5) is 0 Å². The summed E-state index contributed by atoms with van der Waals surface area (Å²) in [6, 6.07) is 9.18. The third kappa shape index (κ3) is 3.25. The Morgan fingerprint density at radius 3 is 2.80 bits per heavy atom. The van der Waals surface area contributed by atoms with E-state index in [1.54, 1.807) is 5.56 Å². The van der Waals surface area contributed by atoms with Crippen molar-refractivity contribution in [3.8, 4) is 0 Å². The Balaban J connectivity index is 2.31. The maximum Gasteiger partial charge on any atom is 0.00255 e. The van der Waals surface area contributed by atoms with E-state index >= 15 is 0 Å². The van der Waals surface area contributed by atoms with Gasteiger partial charge in [0.1, 0.15) is 0 Å². The lowest BCUT2D eigenvalue weighted by molar-refractivity contribution is 0.116. The summed E-state index contributed by atoms with van der Waals surface area (Å²) < 4.78 is 0. The topological polar surface area (TPSA) is 12.0 Å². The van der Waals surface area contributed by atoms with Crippen LogP contribution < -0.4 is 5.32 Å². The van der Waals surface area contributed by atoms with Crippen LogP contribution in [0.15, 0.2) is 24.3 Å². The highest BCUT2D eigenvalue weighted by Crippen LogP contribution is 2.48. The van der Waals surface area contributed by atoms with Crippen molar-refractivity contribution in [2.45, 2.75) is 59.3 Å². The van der Waals surface area contributed by atoms with Gasteiger partial charge in [0, 0.05) is 12.5 Å². The first kappa shape index (κ1) is 15.6. The Morgan fingerprint density at radius 1 is 1.35 bits per heavy atom. The van der Waals surface area contributed by atoms with Gasteiger partial charge in [0.05, 0.1) is 0 Å². The molecule has 1 aliphatic rings. The summed E-state index contributed by atoms with van der Waals surface area (Å²) in [7, 11) is 0. The van der Waals surface area contributed by atoms with Gasteiger partial charge in [0.25, 0.3) is 0 Å². The van der Waals surface area contributed by atoms with E-state index in [4.69, 9.17) is 0 Å². The summed E-state index contributed by atoms with van der Waals surface area (Å²) >= 11 is 0. The average molecular weight is 273 g/mol. The van der Waals surface area contributed by atoms with E-state index in [1.165, 1.54) is 37.8 Å². The van der Waals surface area contributed by atoms with Crippen molar-refractivity contribution in [2.24, 2.45) is 11.3 Å². The molecule has 1 aromatic carbocycles. The second-order valence-corrected chi connectivity index (χ2v) is 6.85. The highest BCUT2D eigenvalue weighted by atomic mass is 14.9. The molecule has 1 fully saturated rings. The van der Waals surface area contributed by atoms with Crippen molar-refractivity contribution in [3.05, 3.63) is 35.4 Å². The normalized spacial score (nSPS) is 28.3. The van der Waals surface area contributed by atoms with E-state index in [1.807, 2.05) is 0 Å². The smallest absolute Gasteiger partial charge is 0.00255 e. The van der Waals surface area contributed by atoms with Gasteiger partial charge in [-0.05, 0) is 49.6 Å². The highest BCUT2D eigenvalue weighted by molar-refractivity contribution is 5.28. The standard InChI is InChI=1S/C19H31N/c1-5-15(3)13-19(6-2)10-11-20-14-18(19)17-9-7-8-16(4)12-17/h7-9,12,15,18,20H,5-6,10-11,13-14H2,1-4H3. The zero-order chi connectivity index (χ0) is 14.6. The number of hydrogen-bond donors (Lipinski definition) is 1. The minimum absolute atomic E-state index is 0.495. The molecule has 3 unspecified atom stereocenters. The molecular weight excluding hydrogens is 242 g/mol. The molecule has 1 aliphatic heterocycles. The van der Waals surface area contributed by atoms with Crippen molar-refractivity contribution in [3.63, 3.8) is 0 Å². The molecule has 0 spiro atoms. The van der Waals surface area contributed by atoms with Crippen molar-refractivity contribution in [1.82, 2.24) is 5.32 Å². The van der Waals surface area contributed by atoms with Crippen molar-refractivity contribution in [2.75, 3.05) is 13.1 Å². The SMILES string of the molecule is CCC(C)CC1(CC)CCNCC1c1cccc(C)c1. The summed E-state index contributed by atoms with van der Waals surface area (Å²) in [4.78, 5) is 0.